The molecule has 1 aromatic carbocycles. The van der Waals surface area contributed by atoms with E-state index >= 15 is 0 Å². The van der Waals surface area contributed by atoms with Crippen molar-refractivity contribution in [2.24, 2.45) is 10.4 Å². The van der Waals surface area contributed by atoms with E-state index in [9.17, 15) is 0 Å². The van der Waals surface area contributed by atoms with Crippen LogP contribution in [0.15, 0.2) is 35.3 Å². The predicted octanol–water partition coefficient (Wildman–Crippen LogP) is 4.68. The number of aliphatic imine (C=N–C) groups is 1. The molecule has 0 fully saturated rings. The van der Waals surface area contributed by atoms with Crippen molar-refractivity contribution in [3.63, 3.8) is 0 Å². The van der Waals surface area contributed by atoms with E-state index in [2.05, 4.69) is 68.3 Å². The lowest BCUT2D eigenvalue weighted by atomic mass is 9.90. The number of hydrogen-bond acceptors (Lipinski definition) is 3. The van der Waals surface area contributed by atoms with Crippen molar-refractivity contribution in [3.05, 3.63) is 35.9 Å². The van der Waals surface area contributed by atoms with Gasteiger partial charge in [-0.1, -0.05) is 69.8 Å². The Hall–Kier alpha value is -0.960. The molecule has 1 aromatic rings. The van der Waals surface area contributed by atoms with Gasteiger partial charge in [0.2, 0.25) is 0 Å². The molecule has 1 N–H and O–H groups in total. The van der Waals surface area contributed by atoms with Crippen LogP contribution in [0.2, 0.25) is 0 Å². The Bertz CT molecular complexity index is 462. The quantitative estimate of drug-likeness (QED) is 0.854. The van der Waals surface area contributed by atoms with Crippen molar-refractivity contribution in [3.8, 4) is 0 Å². The van der Waals surface area contributed by atoms with Gasteiger partial charge in [-0.15, -0.1) is 0 Å². The molecule has 1 aliphatic rings. The highest BCUT2D eigenvalue weighted by atomic mass is 32.2. The molecule has 0 aliphatic carbocycles. The molecule has 0 aromatic heterocycles. The Kier molecular flexibility index (Phi) is 5.74. The van der Waals surface area contributed by atoms with Gasteiger partial charge in [-0.3, -0.25) is 4.99 Å². The molecule has 1 aliphatic heterocycles. The molecule has 0 radical (unpaired) electrons. The zero-order valence-electron chi connectivity index (χ0n) is 13.7. The minimum absolute atomic E-state index is 0.393. The van der Waals surface area contributed by atoms with Crippen molar-refractivity contribution >= 4 is 16.9 Å². The highest BCUT2D eigenvalue weighted by Crippen LogP contribution is 2.31. The second-order valence-electron chi connectivity index (χ2n) is 7.18. The summed E-state index contributed by atoms with van der Waals surface area (Å²) in [5, 5.41) is 5.31. The predicted molar refractivity (Wildman–Crippen MR) is 95.2 cm³/mol. The van der Waals surface area contributed by atoms with Gasteiger partial charge in [-0.25, -0.2) is 0 Å². The minimum atomic E-state index is 0.393. The molecule has 0 bridgehead atoms. The van der Waals surface area contributed by atoms with Gasteiger partial charge in [-0.05, 0) is 29.7 Å². The maximum absolute atomic E-state index is 4.64. The van der Waals surface area contributed by atoms with Gasteiger partial charge in [0.1, 0.15) is 0 Å². The molecule has 0 saturated heterocycles. The lowest BCUT2D eigenvalue weighted by molar-refractivity contribution is 0.375. The first-order valence-electron chi connectivity index (χ1n) is 7.94. The topological polar surface area (TPSA) is 24.4 Å². The van der Waals surface area contributed by atoms with E-state index in [1.807, 2.05) is 11.8 Å². The fraction of sp³-hybridized carbons (Fsp3) is 0.611. The largest absolute Gasteiger partial charge is 0.365 e. The number of thioether (sulfide) groups is 1. The third-order valence-electron chi connectivity index (χ3n) is 3.78. The van der Waals surface area contributed by atoms with Gasteiger partial charge in [0, 0.05) is 11.8 Å². The molecular weight excluding hydrogens is 276 g/mol. The Morgan fingerprint density at radius 2 is 2.00 bits per heavy atom. The number of amidine groups is 1. The third-order valence-corrected chi connectivity index (χ3v) is 4.92. The van der Waals surface area contributed by atoms with Crippen molar-refractivity contribution in [2.45, 2.75) is 51.7 Å². The average Bonchev–Trinajstić information content (AvgIpc) is 2.85. The number of nitrogens with one attached hydrogen (secondary N) is 1. The fourth-order valence-electron chi connectivity index (χ4n) is 2.65. The first-order valence-corrected chi connectivity index (χ1v) is 8.82. The Morgan fingerprint density at radius 3 is 2.67 bits per heavy atom. The van der Waals surface area contributed by atoms with E-state index in [4.69, 9.17) is 0 Å². The first-order chi connectivity index (χ1) is 9.94. The number of rotatable bonds is 5. The number of nitrogens with zero attached hydrogens (tertiary/aromatic N) is 1. The molecular formula is C18H28N2S. The summed E-state index contributed by atoms with van der Waals surface area (Å²) in [7, 11) is 0. The molecule has 2 atom stereocenters. The van der Waals surface area contributed by atoms with Gasteiger partial charge >= 0.3 is 0 Å². The highest BCUT2D eigenvalue weighted by molar-refractivity contribution is 8.14. The van der Waals surface area contributed by atoms with Crippen LogP contribution in [0.5, 0.6) is 0 Å². The molecule has 0 saturated carbocycles. The Labute approximate surface area is 133 Å². The van der Waals surface area contributed by atoms with Gasteiger partial charge < -0.3 is 5.32 Å². The molecule has 2 unspecified atom stereocenters. The number of hydrogen-bond donors (Lipinski definition) is 1. The zero-order chi connectivity index (χ0) is 15.3. The standard InChI is InChI=1S/C18H28N2S/c1-14(15-8-6-5-7-9-15)10-11-19-17-20-13-16(21-17)12-18(2,3)4/h5-9,14,16H,10-13H2,1-4H3,(H,19,20). The van der Waals surface area contributed by atoms with E-state index in [1.54, 1.807) is 0 Å². The summed E-state index contributed by atoms with van der Waals surface area (Å²) in [4.78, 5) is 4.64. The molecule has 21 heavy (non-hydrogen) atoms. The maximum Gasteiger partial charge on any atom is 0.156 e. The molecule has 3 heteroatoms. The zero-order valence-corrected chi connectivity index (χ0v) is 14.5. The van der Waals surface area contributed by atoms with Gasteiger partial charge in [0.05, 0.1) is 6.54 Å². The van der Waals surface area contributed by atoms with Crippen molar-refractivity contribution in [2.75, 3.05) is 13.1 Å². The molecule has 2 nitrogen and oxygen atoms in total. The van der Waals surface area contributed by atoms with Crippen LogP contribution in [-0.4, -0.2) is 23.5 Å². The Morgan fingerprint density at radius 1 is 1.29 bits per heavy atom. The second kappa shape index (κ2) is 7.35. The SMILES string of the molecule is CC(CCNC1=NCC(CC(C)(C)C)S1)c1ccccc1. The van der Waals surface area contributed by atoms with Crippen LogP contribution in [0.3, 0.4) is 0 Å². The molecule has 0 amide bonds. The molecule has 1 heterocycles. The minimum Gasteiger partial charge on any atom is -0.365 e. The summed E-state index contributed by atoms with van der Waals surface area (Å²) >= 11 is 1.92. The summed E-state index contributed by atoms with van der Waals surface area (Å²) in [6, 6.07) is 10.7. The lowest BCUT2D eigenvalue weighted by Crippen LogP contribution is -2.22. The van der Waals surface area contributed by atoms with Crippen LogP contribution in [0.4, 0.5) is 0 Å². The van der Waals surface area contributed by atoms with Gasteiger partial charge in [0.25, 0.3) is 0 Å². The lowest BCUT2D eigenvalue weighted by Gasteiger charge is -2.21. The highest BCUT2D eigenvalue weighted by Gasteiger charge is 2.24. The van der Waals surface area contributed by atoms with Gasteiger partial charge in [0.15, 0.2) is 5.17 Å². The summed E-state index contributed by atoms with van der Waals surface area (Å²) in [6.45, 7) is 11.2. The first kappa shape index (κ1) is 16.4. The summed E-state index contributed by atoms with van der Waals surface area (Å²) < 4.78 is 0. The maximum atomic E-state index is 4.64. The van der Waals surface area contributed by atoms with E-state index in [1.165, 1.54) is 12.0 Å². The van der Waals surface area contributed by atoms with Gasteiger partial charge in [-0.2, -0.15) is 0 Å². The normalized spacial score (nSPS) is 20.2. The second-order valence-corrected chi connectivity index (χ2v) is 8.47. The average molecular weight is 305 g/mol. The summed E-state index contributed by atoms with van der Waals surface area (Å²) in [6.07, 6.45) is 2.38. The van der Waals surface area contributed by atoms with Crippen LogP contribution in [0, 0.1) is 5.41 Å². The van der Waals surface area contributed by atoms with E-state index in [0.29, 0.717) is 16.6 Å². The van der Waals surface area contributed by atoms with Crippen molar-refractivity contribution < 1.29 is 0 Å². The third kappa shape index (κ3) is 5.74. The van der Waals surface area contributed by atoms with Crippen molar-refractivity contribution in [1.82, 2.24) is 5.32 Å². The number of benzene rings is 1. The summed E-state index contributed by atoms with van der Waals surface area (Å²) in [5.41, 5.74) is 1.82. The molecule has 2 rings (SSSR count). The van der Waals surface area contributed by atoms with Crippen LogP contribution >= 0.6 is 11.8 Å². The molecule has 0 spiro atoms. The van der Waals surface area contributed by atoms with E-state index < -0.39 is 0 Å². The van der Waals surface area contributed by atoms with Crippen LogP contribution in [-0.2, 0) is 0 Å². The van der Waals surface area contributed by atoms with Crippen LogP contribution < -0.4 is 5.32 Å². The van der Waals surface area contributed by atoms with E-state index in [0.717, 1.165) is 24.7 Å². The Balaban J connectivity index is 1.68. The smallest absolute Gasteiger partial charge is 0.156 e. The van der Waals surface area contributed by atoms with Crippen LogP contribution in [0.1, 0.15) is 52.0 Å². The van der Waals surface area contributed by atoms with E-state index in [-0.39, 0.29) is 0 Å². The monoisotopic (exact) mass is 304 g/mol. The van der Waals surface area contributed by atoms with Crippen molar-refractivity contribution in [1.29, 1.82) is 0 Å². The van der Waals surface area contributed by atoms with Crippen LogP contribution in [0.25, 0.3) is 0 Å². The summed E-state index contributed by atoms with van der Waals surface area (Å²) in [5.74, 6) is 0.594. The fourth-order valence-corrected chi connectivity index (χ4v) is 4.03. The molecule has 116 valence electrons.